The molecule has 0 saturated carbocycles. The number of nitro groups is 1. The van der Waals surface area contributed by atoms with E-state index in [9.17, 15) is 14.9 Å². The van der Waals surface area contributed by atoms with E-state index in [0.717, 1.165) is 24.1 Å². The highest BCUT2D eigenvalue weighted by Gasteiger charge is 2.25. The normalized spacial score (nSPS) is 16.9. The van der Waals surface area contributed by atoms with Gasteiger partial charge in [-0.05, 0) is 31.0 Å². The Labute approximate surface area is 164 Å². The van der Waals surface area contributed by atoms with Crippen LogP contribution >= 0.6 is 11.6 Å². The second kappa shape index (κ2) is 7.43. The Bertz CT molecular complexity index is 1050. The molecule has 3 heterocycles. The average Bonchev–Trinajstić information content (AvgIpc) is 3.25. The van der Waals surface area contributed by atoms with E-state index in [1.54, 1.807) is 12.4 Å². The Morgan fingerprint density at radius 3 is 2.68 bits per heavy atom. The van der Waals surface area contributed by atoms with Crippen LogP contribution in [-0.4, -0.2) is 37.6 Å². The summed E-state index contributed by atoms with van der Waals surface area (Å²) >= 11 is 6.39. The van der Waals surface area contributed by atoms with Crippen LogP contribution in [0.2, 0.25) is 5.02 Å². The van der Waals surface area contributed by atoms with Crippen molar-refractivity contribution in [3.8, 4) is 5.69 Å². The number of benzene rings is 1. The van der Waals surface area contributed by atoms with Crippen LogP contribution in [0.4, 0.5) is 11.4 Å². The monoisotopic (exact) mass is 400 g/mol. The highest BCUT2D eigenvalue weighted by atomic mass is 35.5. The van der Waals surface area contributed by atoms with E-state index >= 15 is 0 Å². The van der Waals surface area contributed by atoms with Crippen LogP contribution in [0.25, 0.3) is 5.69 Å². The lowest BCUT2D eigenvalue weighted by molar-refractivity contribution is -0.384. The third-order valence-corrected chi connectivity index (χ3v) is 5.20. The van der Waals surface area contributed by atoms with E-state index in [1.165, 1.54) is 24.3 Å². The molecule has 2 aromatic heterocycles. The summed E-state index contributed by atoms with van der Waals surface area (Å²) < 4.78 is 3.07. The maximum atomic E-state index is 12.8. The van der Waals surface area contributed by atoms with Gasteiger partial charge >= 0.3 is 0 Å². The van der Waals surface area contributed by atoms with Gasteiger partial charge in [-0.15, -0.1) is 0 Å². The number of hydrogen-bond acceptors (Lipinski definition) is 6. The van der Waals surface area contributed by atoms with Gasteiger partial charge in [0.2, 0.25) is 0 Å². The molecule has 144 valence electrons. The van der Waals surface area contributed by atoms with Gasteiger partial charge in [-0.3, -0.25) is 19.6 Å². The minimum absolute atomic E-state index is 0.0579. The van der Waals surface area contributed by atoms with Crippen molar-refractivity contribution in [1.29, 1.82) is 0 Å². The van der Waals surface area contributed by atoms with E-state index < -0.39 is 10.5 Å². The lowest BCUT2D eigenvalue weighted by atomic mass is 10.1. The lowest BCUT2D eigenvalue weighted by Crippen LogP contribution is -2.38. The van der Waals surface area contributed by atoms with E-state index in [2.05, 4.69) is 10.2 Å². The van der Waals surface area contributed by atoms with E-state index in [1.807, 2.05) is 21.8 Å². The molecule has 1 fully saturated rings. The molecule has 28 heavy (non-hydrogen) atoms. The SMILES string of the molecule is O=c1c(Cl)c(N2CCCC(n3cccn3)C2)cnn1-c1ccc([N+](=O)[O-])cc1. The van der Waals surface area contributed by atoms with Crippen LogP contribution < -0.4 is 10.5 Å². The van der Waals surface area contributed by atoms with Gasteiger partial charge in [0.25, 0.3) is 11.2 Å². The number of non-ortho nitro benzene ring substituents is 1. The van der Waals surface area contributed by atoms with Crippen molar-refractivity contribution >= 4 is 23.0 Å². The molecule has 1 aromatic carbocycles. The zero-order valence-electron chi connectivity index (χ0n) is 14.8. The molecular weight excluding hydrogens is 384 g/mol. The zero-order valence-corrected chi connectivity index (χ0v) is 15.6. The quantitative estimate of drug-likeness (QED) is 0.493. The summed E-state index contributed by atoms with van der Waals surface area (Å²) in [6.45, 7) is 1.46. The third kappa shape index (κ3) is 3.36. The Morgan fingerprint density at radius 2 is 2.00 bits per heavy atom. The Morgan fingerprint density at radius 1 is 1.21 bits per heavy atom. The lowest BCUT2D eigenvalue weighted by Gasteiger charge is -2.34. The molecular formula is C18H17ClN6O3. The number of aromatic nitrogens is 4. The maximum Gasteiger partial charge on any atom is 0.292 e. The van der Waals surface area contributed by atoms with E-state index in [0.29, 0.717) is 17.9 Å². The van der Waals surface area contributed by atoms with Crippen molar-refractivity contribution in [2.45, 2.75) is 18.9 Å². The fourth-order valence-electron chi connectivity index (χ4n) is 3.43. The van der Waals surface area contributed by atoms with Gasteiger partial charge < -0.3 is 4.90 Å². The molecule has 0 aliphatic carbocycles. The number of nitrogens with zero attached hydrogens (tertiary/aromatic N) is 6. The Kier molecular flexibility index (Phi) is 4.82. The molecule has 1 atom stereocenters. The molecule has 0 spiro atoms. The summed E-state index contributed by atoms with van der Waals surface area (Å²) in [4.78, 5) is 25.1. The van der Waals surface area contributed by atoms with Crippen LogP contribution in [0.5, 0.6) is 0 Å². The number of piperidine rings is 1. The molecule has 0 radical (unpaired) electrons. The molecule has 1 saturated heterocycles. The molecule has 0 amide bonds. The van der Waals surface area contributed by atoms with E-state index in [-0.39, 0.29) is 16.8 Å². The highest BCUT2D eigenvalue weighted by Crippen LogP contribution is 2.29. The average molecular weight is 401 g/mol. The first-order valence-electron chi connectivity index (χ1n) is 8.81. The van der Waals surface area contributed by atoms with Crippen LogP contribution in [0.3, 0.4) is 0 Å². The highest BCUT2D eigenvalue weighted by molar-refractivity contribution is 6.33. The summed E-state index contributed by atoms with van der Waals surface area (Å²) in [5.74, 6) is 0. The molecule has 9 nitrogen and oxygen atoms in total. The number of halogens is 1. The van der Waals surface area contributed by atoms with Crippen LogP contribution in [0, 0.1) is 10.1 Å². The molecule has 10 heteroatoms. The number of rotatable bonds is 4. The van der Waals surface area contributed by atoms with Gasteiger partial charge in [0, 0.05) is 37.6 Å². The minimum atomic E-state index is -0.498. The molecule has 1 aliphatic rings. The predicted molar refractivity (Wildman–Crippen MR) is 104 cm³/mol. The summed E-state index contributed by atoms with van der Waals surface area (Å²) in [5, 5.41) is 19.4. The van der Waals surface area contributed by atoms with Gasteiger partial charge in [-0.1, -0.05) is 11.6 Å². The van der Waals surface area contributed by atoms with Crippen LogP contribution in [0.15, 0.2) is 53.7 Å². The standard InChI is InChI=1S/C18H17ClN6O3/c19-17-16(22-9-1-3-15(12-22)23-10-2-8-20-23)11-21-24(18(17)26)13-4-6-14(7-5-13)25(27)28/h2,4-8,10-11,15H,1,3,9,12H2. The molecule has 3 aromatic rings. The van der Waals surface area contributed by atoms with Crippen molar-refractivity contribution in [2.24, 2.45) is 0 Å². The van der Waals surface area contributed by atoms with Gasteiger partial charge in [-0.25, -0.2) is 0 Å². The summed E-state index contributed by atoms with van der Waals surface area (Å²) in [6.07, 6.45) is 7.20. The van der Waals surface area contributed by atoms with Gasteiger partial charge in [0.15, 0.2) is 0 Å². The number of anilines is 1. The second-order valence-corrected chi connectivity index (χ2v) is 6.94. The fourth-order valence-corrected chi connectivity index (χ4v) is 3.68. The topological polar surface area (TPSA) is 99.1 Å². The van der Waals surface area contributed by atoms with Gasteiger partial charge in [0.05, 0.1) is 28.5 Å². The molecule has 4 rings (SSSR count). The van der Waals surface area contributed by atoms with Crippen LogP contribution in [0.1, 0.15) is 18.9 Å². The largest absolute Gasteiger partial charge is 0.367 e. The first-order valence-corrected chi connectivity index (χ1v) is 9.19. The van der Waals surface area contributed by atoms with Crippen molar-refractivity contribution in [2.75, 3.05) is 18.0 Å². The van der Waals surface area contributed by atoms with Crippen molar-refractivity contribution in [3.05, 3.63) is 74.4 Å². The number of hydrogen-bond donors (Lipinski definition) is 0. The number of nitro benzene ring substituents is 1. The summed E-state index contributed by atoms with van der Waals surface area (Å²) in [7, 11) is 0. The molecule has 0 bridgehead atoms. The summed E-state index contributed by atoms with van der Waals surface area (Å²) in [6, 6.07) is 7.68. The Balaban J connectivity index is 1.62. The zero-order chi connectivity index (χ0) is 19.7. The molecule has 1 aliphatic heterocycles. The first kappa shape index (κ1) is 18.2. The second-order valence-electron chi connectivity index (χ2n) is 6.56. The minimum Gasteiger partial charge on any atom is -0.367 e. The first-order chi connectivity index (χ1) is 13.5. The molecule has 0 N–H and O–H groups in total. The van der Waals surface area contributed by atoms with Crippen molar-refractivity contribution in [3.63, 3.8) is 0 Å². The van der Waals surface area contributed by atoms with Crippen LogP contribution in [-0.2, 0) is 0 Å². The summed E-state index contributed by atoms with van der Waals surface area (Å²) in [5.41, 5.74) is 0.477. The van der Waals surface area contributed by atoms with Crippen molar-refractivity contribution < 1.29 is 4.92 Å². The fraction of sp³-hybridized carbons (Fsp3) is 0.278. The van der Waals surface area contributed by atoms with Gasteiger partial charge in [0.1, 0.15) is 5.02 Å². The maximum absolute atomic E-state index is 12.8. The third-order valence-electron chi connectivity index (χ3n) is 4.84. The van der Waals surface area contributed by atoms with Gasteiger partial charge in [-0.2, -0.15) is 14.9 Å². The van der Waals surface area contributed by atoms with Crippen molar-refractivity contribution in [1.82, 2.24) is 19.6 Å². The van der Waals surface area contributed by atoms with E-state index in [4.69, 9.17) is 11.6 Å². The smallest absolute Gasteiger partial charge is 0.292 e. The predicted octanol–water partition coefficient (Wildman–Crippen LogP) is 2.83. The molecule has 1 unspecified atom stereocenters. The Hall–Kier alpha value is -3.20.